The maximum atomic E-state index is 12.5. The summed E-state index contributed by atoms with van der Waals surface area (Å²) in [4.78, 5) is 21.1. The first-order valence-electron chi connectivity index (χ1n) is 7.68. The van der Waals surface area contributed by atoms with Crippen molar-refractivity contribution in [3.8, 4) is 11.3 Å². The minimum absolute atomic E-state index is 0.105. The van der Waals surface area contributed by atoms with E-state index in [1.807, 2.05) is 30.3 Å². The second-order valence-corrected chi connectivity index (χ2v) is 5.90. The molecule has 4 nitrogen and oxygen atoms in total. The third-order valence-corrected chi connectivity index (χ3v) is 4.28. The highest BCUT2D eigenvalue weighted by Crippen LogP contribution is 2.41. The van der Waals surface area contributed by atoms with Gasteiger partial charge in [0.1, 0.15) is 5.69 Å². The van der Waals surface area contributed by atoms with Crippen LogP contribution in [0.3, 0.4) is 0 Å². The largest absolute Gasteiger partial charge is 0.347 e. The molecule has 2 aliphatic rings. The molecule has 2 aliphatic carbocycles. The van der Waals surface area contributed by atoms with Gasteiger partial charge in [0.25, 0.3) is 5.91 Å². The number of hydrogen-bond donors (Lipinski definition) is 1. The number of rotatable bonds is 3. The molecule has 22 heavy (non-hydrogen) atoms. The number of amides is 1. The average Bonchev–Trinajstić information content (AvgIpc) is 3.36. The zero-order chi connectivity index (χ0) is 14.9. The van der Waals surface area contributed by atoms with Crippen molar-refractivity contribution in [2.45, 2.75) is 31.7 Å². The lowest BCUT2D eigenvalue weighted by molar-refractivity contribution is 0.0924. The molecule has 0 radical (unpaired) electrons. The summed E-state index contributed by atoms with van der Waals surface area (Å²) in [5.74, 6) is -0.105. The van der Waals surface area contributed by atoms with Crippen molar-refractivity contribution < 1.29 is 4.79 Å². The molecule has 0 atom stereocenters. The van der Waals surface area contributed by atoms with Gasteiger partial charge < -0.3 is 5.32 Å². The van der Waals surface area contributed by atoms with Crippen molar-refractivity contribution in [2.75, 3.05) is 0 Å². The lowest BCUT2D eigenvalue weighted by Gasteiger charge is -2.30. The Hall–Kier alpha value is -2.49. The molecule has 0 bridgehead atoms. The molecule has 2 saturated carbocycles. The number of carbonyl (C=O) groups is 1. The van der Waals surface area contributed by atoms with Crippen LogP contribution < -0.4 is 5.32 Å². The molecular weight excluding hydrogens is 274 g/mol. The van der Waals surface area contributed by atoms with Crippen LogP contribution in [0.4, 0.5) is 0 Å². The Morgan fingerprint density at radius 3 is 2.55 bits per heavy atom. The highest BCUT2D eigenvalue weighted by Gasteiger charge is 2.31. The second kappa shape index (κ2) is 5.37. The fourth-order valence-corrected chi connectivity index (χ4v) is 2.91. The molecule has 4 heteroatoms. The Morgan fingerprint density at radius 2 is 1.82 bits per heavy atom. The van der Waals surface area contributed by atoms with Gasteiger partial charge in [-0.15, -0.1) is 0 Å². The first-order chi connectivity index (χ1) is 10.8. The quantitative estimate of drug-likeness (QED) is 0.884. The Balaban J connectivity index is 1.52. The van der Waals surface area contributed by atoms with E-state index in [0.29, 0.717) is 5.69 Å². The van der Waals surface area contributed by atoms with Gasteiger partial charge in [-0.3, -0.25) is 14.8 Å². The first kappa shape index (κ1) is 13.2. The monoisotopic (exact) mass is 291 g/mol. The summed E-state index contributed by atoms with van der Waals surface area (Å²) in [6, 6.07) is 9.65. The normalized spacial score (nSPS) is 19.5. The molecule has 0 aromatic carbocycles. The Bertz CT molecular complexity index is 738. The van der Waals surface area contributed by atoms with Gasteiger partial charge in [0, 0.05) is 24.0 Å². The van der Waals surface area contributed by atoms with E-state index in [4.69, 9.17) is 0 Å². The number of nitrogens with one attached hydrogen (secondary N) is 1. The Kier molecular flexibility index (Phi) is 3.22. The van der Waals surface area contributed by atoms with Crippen molar-refractivity contribution in [3.63, 3.8) is 0 Å². The first-order valence-corrected chi connectivity index (χ1v) is 7.68. The van der Waals surface area contributed by atoms with Crippen LogP contribution in [0.2, 0.25) is 0 Å². The zero-order valence-electron chi connectivity index (χ0n) is 12.2. The third kappa shape index (κ3) is 2.52. The van der Waals surface area contributed by atoms with Crippen molar-refractivity contribution in [1.82, 2.24) is 15.3 Å². The van der Waals surface area contributed by atoms with Crippen LogP contribution in [0.15, 0.2) is 53.9 Å². The van der Waals surface area contributed by atoms with Crippen LogP contribution >= 0.6 is 0 Å². The number of pyridine rings is 2. The molecule has 1 N–H and O–H groups in total. The lowest BCUT2D eigenvalue weighted by Crippen LogP contribution is -2.41. The lowest BCUT2D eigenvalue weighted by atomic mass is 9.85. The standard InChI is InChI=1S/C18H17N3O/c22-18(21-14-10-13(11-14)12-6-7-12)17-15(4-3-9-20-17)16-5-1-2-8-19-16/h1-5,8-9,14H,6-7,10-11H2,(H,21,22). The fraction of sp³-hybridized carbons (Fsp3) is 0.278. The molecule has 2 fully saturated rings. The minimum Gasteiger partial charge on any atom is -0.347 e. The van der Waals surface area contributed by atoms with Crippen molar-refractivity contribution in [3.05, 3.63) is 59.6 Å². The summed E-state index contributed by atoms with van der Waals surface area (Å²) in [6.07, 6.45) is 7.92. The fourth-order valence-electron chi connectivity index (χ4n) is 2.91. The summed E-state index contributed by atoms with van der Waals surface area (Å²) < 4.78 is 0. The van der Waals surface area contributed by atoms with Crippen LogP contribution in [-0.2, 0) is 0 Å². The van der Waals surface area contributed by atoms with Gasteiger partial charge in [0.15, 0.2) is 0 Å². The summed E-state index contributed by atoms with van der Waals surface area (Å²) in [5.41, 5.74) is 5.17. The summed E-state index contributed by atoms with van der Waals surface area (Å²) in [6.45, 7) is 0. The molecule has 2 aromatic heterocycles. The van der Waals surface area contributed by atoms with E-state index in [2.05, 4.69) is 15.3 Å². The highest BCUT2D eigenvalue weighted by atomic mass is 16.1. The topological polar surface area (TPSA) is 54.9 Å². The molecule has 2 aromatic rings. The smallest absolute Gasteiger partial charge is 0.270 e. The molecule has 110 valence electrons. The molecule has 0 spiro atoms. The molecule has 1 amide bonds. The number of carbonyl (C=O) groups excluding carboxylic acids is 1. The van der Waals surface area contributed by atoms with Crippen molar-refractivity contribution in [2.24, 2.45) is 0 Å². The van der Waals surface area contributed by atoms with Gasteiger partial charge in [0.2, 0.25) is 0 Å². The van der Waals surface area contributed by atoms with Crippen LogP contribution in [-0.4, -0.2) is 21.9 Å². The van der Waals surface area contributed by atoms with Gasteiger partial charge in [-0.2, -0.15) is 0 Å². The van der Waals surface area contributed by atoms with Crippen LogP contribution in [0, 0.1) is 0 Å². The van der Waals surface area contributed by atoms with E-state index >= 15 is 0 Å². The minimum atomic E-state index is -0.105. The SMILES string of the molecule is O=C(NC1CC(=C2CC2)C1)c1ncccc1-c1ccccn1. The van der Waals surface area contributed by atoms with Gasteiger partial charge >= 0.3 is 0 Å². The molecule has 2 heterocycles. The van der Waals surface area contributed by atoms with Crippen LogP contribution in [0.1, 0.15) is 36.2 Å². The van der Waals surface area contributed by atoms with Crippen molar-refractivity contribution in [1.29, 1.82) is 0 Å². The van der Waals surface area contributed by atoms with E-state index in [0.717, 1.165) is 24.1 Å². The molecule has 4 rings (SSSR count). The Labute approximate surface area is 129 Å². The summed E-state index contributed by atoms with van der Waals surface area (Å²) >= 11 is 0. The molecule has 0 unspecified atom stereocenters. The predicted molar refractivity (Wildman–Crippen MR) is 84.2 cm³/mol. The van der Waals surface area contributed by atoms with E-state index in [-0.39, 0.29) is 11.9 Å². The van der Waals surface area contributed by atoms with E-state index in [9.17, 15) is 4.79 Å². The van der Waals surface area contributed by atoms with E-state index < -0.39 is 0 Å². The summed E-state index contributed by atoms with van der Waals surface area (Å²) in [7, 11) is 0. The van der Waals surface area contributed by atoms with E-state index in [1.165, 1.54) is 12.8 Å². The number of allylic oxidation sites excluding steroid dienone is 1. The molecular formula is C18H17N3O. The van der Waals surface area contributed by atoms with Gasteiger partial charge in [0.05, 0.1) is 5.69 Å². The van der Waals surface area contributed by atoms with Gasteiger partial charge in [-0.25, -0.2) is 0 Å². The highest BCUT2D eigenvalue weighted by molar-refractivity contribution is 5.98. The van der Waals surface area contributed by atoms with E-state index in [1.54, 1.807) is 23.5 Å². The Morgan fingerprint density at radius 1 is 1.00 bits per heavy atom. The second-order valence-electron chi connectivity index (χ2n) is 5.90. The summed E-state index contributed by atoms with van der Waals surface area (Å²) in [5, 5.41) is 3.09. The van der Waals surface area contributed by atoms with Crippen molar-refractivity contribution >= 4 is 5.91 Å². The zero-order valence-corrected chi connectivity index (χ0v) is 12.2. The number of aromatic nitrogens is 2. The molecule has 0 aliphatic heterocycles. The number of nitrogens with zero attached hydrogens (tertiary/aromatic N) is 2. The maximum Gasteiger partial charge on any atom is 0.270 e. The average molecular weight is 291 g/mol. The predicted octanol–water partition coefficient (Wildman–Crippen LogP) is 3.13. The molecule has 0 saturated heterocycles. The number of hydrogen-bond acceptors (Lipinski definition) is 3. The maximum absolute atomic E-state index is 12.5. The third-order valence-electron chi connectivity index (χ3n) is 4.28. The van der Waals surface area contributed by atoms with Gasteiger partial charge in [-0.05, 0) is 49.9 Å². The van der Waals surface area contributed by atoms with Crippen LogP contribution in [0.25, 0.3) is 11.3 Å². The van der Waals surface area contributed by atoms with Gasteiger partial charge in [-0.1, -0.05) is 17.2 Å². The van der Waals surface area contributed by atoms with Crippen LogP contribution in [0.5, 0.6) is 0 Å².